The topological polar surface area (TPSA) is 64.9 Å². The summed E-state index contributed by atoms with van der Waals surface area (Å²) >= 11 is 2.28. The second kappa shape index (κ2) is 6.92. The highest BCUT2D eigenvalue weighted by molar-refractivity contribution is 14.1. The molecule has 1 atom stereocenters. The molecule has 0 aliphatic rings. The summed E-state index contributed by atoms with van der Waals surface area (Å²) < 4.78 is 7.90. The van der Waals surface area contributed by atoms with Gasteiger partial charge in [-0.1, -0.05) is 12.1 Å². The van der Waals surface area contributed by atoms with Crippen LogP contribution >= 0.6 is 22.6 Å². The quantitative estimate of drug-likeness (QED) is 0.615. The summed E-state index contributed by atoms with van der Waals surface area (Å²) in [7, 11) is 1.68. The van der Waals surface area contributed by atoms with E-state index in [0.29, 0.717) is 6.61 Å². The lowest BCUT2D eigenvalue weighted by molar-refractivity contribution is 0.196. The van der Waals surface area contributed by atoms with Crippen LogP contribution in [0.1, 0.15) is 18.8 Å². The van der Waals surface area contributed by atoms with Gasteiger partial charge in [-0.2, -0.15) is 4.68 Å². The summed E-state index contributed by atoms with van der Waals surface area (Å²) in [6.07, 6.45) is 0. The van der Waals surface area contributed by atoms with E-state index < -0.39 is 0 Å². The monoisotopic (exact) mass is 373 g/mol. The molecule has 2 rings (SSSR count). The first-order valence-corrected chi connectivity index (χ1v) is 7.07. The molecule has 0 saturated carbocycles. The summed E-state index contributed by atoms with van der Waals surface area (Å²) in [5.74, 6) is 0.792. The molecule has 19 heavy (non-hydrogen) atoms. The van der Waals surface area contributed by atoms with Crippen molar-refractivity contribution in [1.29, 1.82) is 0 Å². The lowest BCUT2D eigenvalue weighted by Crippen LogP contribution is -2.25. The minimum absolute atomic E-state index is 0.0566. The van der Waals surface area contributed by atoms with Gasteiger partial charge in [0.05, 0.1) is 18.3 Å². The van der Waals surface area contributed by atoms with Crippen LogP contribution in [-0.4, -0.2) is 40.5 Å². The Kier molecular flexibility index (Phi) is 5.23. The minimum atomic E-state index is 0.0566. The smallest absolute Gasteiger partial charge is 0.173 e. The second-order valence-electron chi connectivity index (χ2n) is 4.07. The molecule has 0 saturated heterocycles. The number of rotatable bonds is 6. The molecular formula is C12H16IN5O. The summed E-state index contributed by atoms with van der Waals surface area (Å²) in [5, 5.41) is 15.3. The van der Waals surface area contributed by atoms with Crippen molar-refractivity contribution >= 4 is 22.6 Å². The Hall–Kier alpha value is -1.06. The number of ether oxygens (including phenoxy) is 1. The minimum Gasteiger partial charge on any atom is -0.383 e. The molecule has 1 aromatic carbocycles. The lowest BCUT2D eigenvalue weighted by Gasteiger charge is -2.13. The molecule has 2 aromatic rings. The maximum atomic E-state index is 5.02. The van der Waals surface area contributed by atoms with Crippen molar-refractivity contribution in [1.82, 2.24) is 25.5 Å². The first-order chi connectivity index (χ1) is 9.24. The van der Waals surface area contributed by atoms with Crippen LogP contribution in [0.25, 0.3) is 5.69 Å². The molecule has 0 aliphatic carbocycles. The van der Waals surface area contributed by atoms with Crippen LogP contribution in [0, 0.1) is 3.57 Å². The number of hydrogen-bond acceptors (Lipinski definition) is 5. The van der Waals surface area contributed by atoms with Gasteiger partial charge >= 0.3 is 0 Å². The van der Waals surface area contributed by atoms with Crippen LogP contribution in [0.2, 0.25) is 0 Å². The highest BCUT2D eigenvalue weighted by atomic mass is 127. The standard InChI is InChI=1S/C12H16IN5O/c1-9(14-7-8-19-2)12-15-16-17-18(12)11-6-4-3-5-10(11)13/h3-6,9,14H,7-8H2,1-2H3. The number of nitrogens with zero attached hydrogens (tertiary/aromatic N) is 4. The van der Waals surface area contributed by atoms with Gasteiger partial charge in [-0.15, -0.1) is 5.10 Å². The van der Waals surface area contributed by atoms with Gasteiger partial charge in [0.15, 0.2) is 5.82 Å². The molecule has 1 N–H and O–H groups in total. The van der Waals surface area contributed by atoms with E-state index in [1.807, 2.05) is 31.2 Å². The molecule has 7 heteroatoms. The molecule has 1 heterocycles. The fourth-order valence-corrected chi connectivity index (χ4v) is 2.34. The SMILES string of the molecule is COCCNC(C)c1nnnn1-c1ccccc1I. The predicted molar refractivity (Wildman–Crippen MR) is 80.2 cm³/mol. The molecule has 102 valence electrons. The number of nitrogens with one attached hydrogen (secondary N) is 1. The Morgan fingerprint density at radius 3 is 2.95 bits per heavy atom. The molecule has 0 amide bonds. The summed E-state index contributed by atoms with van der Waals surface area (Å²) in [4.78, 5) is 0. The summed E-state index contributed by atoms with van der Waals surface area (Å²) in [5.41, 5.74) is 0.989. The number of halogens is 1. The van der Waals surface area contributed by atoms with Gasteiger partial charge in [0.2, 0.25) is 0 Å². The number of methoxy groups -OCH3 is 1. The Bertz CT molecular complexity index is 530. The number of para-hydroxylation sites is 1. The predicted octanol–water partition coefficient (Wildman–Crippen LogP) is 1.56. The largest absolute Gasteiger partial charge is 0.383 e. The highest BCUT2D eigenvalue weighted by Gasteiger charge is 2.16. The Morgan fingerprint density at radius 2 is 2.21 bits per heavy atom. The fourth-order valence-electron chi connectivity index (χ4n) is 1.73. The second-order valence-corrected chi connectivity index (χ2v) is 5.23. The van der Waals surface area contributed by atoms with Gasteiger partial charge in [-0.05, 0) is 52.1 Å². The molecule has 0 bridgehead atoms. The van der Waals surface area contributed by atoms with Gasteiger partial charge < -0.3 is 10.1 Å². The highest BCUT2D eigenvalue weighted by Crippen LogP contribution is 2.19. The van der Waals surface area contributed by atoms with Crippen molar-refractivity contribution in [3.63, 3.8) is 0 Å². The van der Waals surface area contributed by atoms with Gasteiger partial charge in [0.1, 0.15) is 0 Å². The Balaban J connectivity index is 2.20. The zero-order valence-electron chi connectivity index (χ0n) is 10.9. The van der Waals surface area contributed by atoms with Gasteiger partial charge in [-0.3, -0.25) is 0 Å². The molecule has 0 aliphatic heterocycles. The molecule has 1 aromatic heterocycles. The van der Waals surface area contributed by atoms with Gasteiger partial charge in [0, 0.05) is 17.2 Å². The number of tetrazole rings is 1. The zero-order chi connectivity index (χ0) is 13.7. The molecule has 1 unspecified atom stereocenters. The van der Waals surface area contributed by atoms with Crippen LogP contribution < -0.4 is 5.32 Å². The number of aromatic nitrogens is 4. The molecular weight excluding hydrogens is 357 g/mol. The van der Waals surface area contributed by atoms with Crippen LogP contribution in [0.4, 0.5) is 0 Å². The number of hydrogen-bond donors (Lipinski definition) is 1. The van der Waals surface area contributed by atoms with Crippen molar-refractivity contribution in [2.45, 2.75) is 13.0 Å². The first kappa shape index (κ1) is 14.4. The maximum Gasteiger partial charge on any atom is 0.173 e. The maximum absolute atomic E-state index is 5.02. The van der Waals surface area contributed by atoms with E-state index >= 15 is 0 Å². The van der Waals surface area contributed by atoms with Crippen molar-refractivity contribution < 1.29 is 4.74 Å². The Labute approximate surface area is 125 Å². The van der Waals surface area contributed by atoms with E-state index in [1.54, 1.807) is 11.8 Å². The van der Waals surface area contributed by atoms with E-state index in [9.17, 15) is 0 Å². The van der Waals surface area contributed by atoms with Gasteiger partial charge in [0.25, 0.3) is 0 Å². The summed E-state index contributed by atoms with van der Waals surface area (Å²) in [6, 6.07) is 8.07. The van der Waals surface area contributed by atoms with E-state index in [1.165, 1.54) is 0 Å². The van der Waals surface area contributed by atoms with Crippen molar-refractivity contribution in [2.24, 2.45) is 0 Å². The Morgan fingerprint density at radius 1 is 1.42 bits per heavy atom. The van der Waals surface area contributed by atoms with Crippen LogP contribution in [0.5, 0.6) is 0 Å². The third kappa shape index (κ3) is 3.48. The van der Waals surface area contributed by atoms with Crippen molar-refractivity contribution in [2.75, 3.05) is 20.3 Å². The molecule has 6 nitrogen and oxygen atoms in total. The third-order valence-electron chi connectivity index (χ3n) is 2.72. The molecule has 0 spiro atoms. The van der Waals surface area contributed by atoms with Crippen LogP contribution in [-0.2, 0) is 4.74 Å². The molecule has 0 radical (unpaired) electrons. The third-order valence-corrected chi connectivity index (χ3v) is 3.63. The van der Waals surface area contributed by atoms with E-state index in [0.717, 1.165) is 21.6 Å². The van der Waals surface area contributed by atoms with Crippen LogP contribution in [0.15, 0.2) is 24.3 Å². The average molecular weight is 373 g/mol. The van der Waals surface area contributed by atoms with Gasteiger partial charge in [-0.25, -0.2) is 0 Å². The molecule has 0 fully saturated rings. The fraction of sp³-hybridized carbons (Fsp3) is 0.417. The average Bonchev–Trinajstić information content (AvgIpc) is 2.88. The first-order valence-electron chi connectivity index (χ1n) is 5.99. The zero-order valence-corrected chi connectivity index (χ0v) is 13.0. The van der Waals surface area contributed by atoms with Crippen molar-refractivity contribution in [3.05, 3.63) is 33.7 Å². The number of benzene rings is 1. The van der Waals surface area contributed by atoms with E-state index in [2.05, 4.69) is 43.4 Å². The lowest BCUT2D eigenvalue weighted by atomic mass is 10.3. The van der Waals surface area contributed by atoms with Crippen molar-refractivity contribution in [3.8, 4) is 5.69 Å². The van der Waals surface area contributed by atoms with Crippen LogP contribution in [0.3, 0.4) is 0 Å². The van der Waals surface area contributed by atoms with E-state index in [-0.39, 0.29) is 6.04 Å². The summed E-state index contributed by atoms with van der Waals surface area (Å²) in [6.45, 7) is 3.46. The van der Waals surface area contributed by atoms with E-state index in [4.69, 9.17) is 4.74 Å². The normalized spacial score (nSPS) is 12.6.